The molecule has 0 radical (unpaired) electrons. The molecule has 0 aromatic carbocycles. The van der Waals surface area contributed by atoms with Gasteiger partial charge in [0.25, 0.3) is 0 Å². The van der Waals surface area contributed by atoms with E-state index < -0.39 is 0 Å². The molecule has 21 heavy (non-hydrogen) atoms. The van der Waals surface area contributed by atoms with Crippen LogP contribution in [-0.4, -0.2) is 35.1 Å². The number of anilines is 1. The molecule has 0 atom stereocenters. The van der Waals surface area contributed by atoms with E-state index in [4.69, 9.17) is 16.3 Å². The minimum Gasteiger partial charge on any atom is -0.374 e. The molecular weight excluding hydrogens is 292 g/mol. The normalized spacial score (nSPS) is 14.0. The lowest BCUT2D eigenvalue weighted by atomic mass is 10.3. The minimum absolute atomic E-state index is 0.122. The topological polar surface area (TPSA) is 76.1 Å². The molecular formula is C14H21ClN4O2. The molecule has 0 saturated heterocycles. The van der Waals surface area contributed by atoms with E-state index in [0.717, 1.165) is 19.3 Å². The first-order valence-electron chi connectivity index (χ1n) is 7.32. The number of nitrogens with one attached hydrogen (secondary N) is 2. The van der Waals surface area contributed by atoms with E-state index in [0.29, 0.717) is 49.0 Å². The summed E-state index contributed by atoms with van der Waals surface area (Å²) in [4.78, 5) is 19.9. The zero-order valence-electron chi connectivity index (χ0n) is 12.2. The van der Waals surface area contributed by atoms with Crippen LogP contribution in [0.2, 0.25) is 5.15 Å². The Hall–Kier alpha value is -1.40. The third kappa shape index (κ3) is 6.27. The van der Waals surface area contributed by atoms with Gasteiger partial charge in [-0.1, -0.05) is 11.6 Å². The molecule has 2 N–H and O–H groups in total. The maximum atomic E-state index is 11.5. The number of hydrogen-bond acceptors (Lipinski definition) is 5. The van der Waals surface area contributed by atoms with Crippen molar-refractivity contribution in [2.24, 2.45) is 0 Å². The molecule has 0 bridgehead atoms. The summed E-state index contributed by atoms with van der Waals surface area (Å²) >= 11 is 5.95. The zero-order valence-corrected chi connectivity index (χ0v) is 12.9. The van der Waals surface area contributed by atoms with Crippen molar-refractivity contribution < 1.29 is 9.53 Å². The number of aromatic nitrogens is 2. The van der Waals surface area contributed by atoms with Crippen molar-refractivity contribution in [1.29, 1.82) is 0 Å². The van der Waals surface area contributed by atoms with Gasteiger partial charge in [0, 0.05) is 31.7 Å². The molecule has 0 aliphatic heterocycles. The first-order valence-corrected chi connectivity index (χ1v) is 7.69. The van der Waals surface area contributed by atoms with Crippen LogP contribution < -0.4 is 10.6 Å². The molecule has 7 heteroatoms. The molecule has 1 aliphatic rings. The molecule has 1 fully saturated rings. The second kappa shape index (κ2) is 8.14. The third-order valence-corrected chi connectivity index (χ3v) is 3.20. The molecule has 1 saturated carbocycles. The Morgan fingerprint density at radius 3 is 3.00 bits per heavy atom. The van der Waals surface area contributed by atoms with E-state index in [1.165, 1.54) is 0 Å². The second-order valence-electron chi connectivity index (χ2n) is 5.00. The molecule has 1 amide bonds. The minimum atomic E-state index is 0.122. The Kier molecular flexibility index (Phi) is 6.20. The highest BCUT2D eigenvalue weighted by Crippen LogP contribution is 2.18. The van der Waals surface area contributed by atoms with E-state index in [1.54, 1.807) is 6.07 Å². The average molecular weight is 313 g/mol. The Balaban J connectivity index is 1.71. The Bertz CT molecular complexity index is 480. The highest BCUT2D eigenvalue weighted by Gasteiger charge is 2.22. The van der Waals surface area contributed by atoms with Crippen LogP contribution in [0.15, 0.2) is 6.07 Å². The highest BCUT2D eigenvalue weighted by atomic mass is 35.5. The van der Waals surface area contributed by atoms with Crippen molar-refractivity contribution in [3.63, 3.8) is 0 Å². The number of rotatable bonds is 9. The molecule has 1 heterocycles. The number of amides is 1. The van der Waals surface area contributed by atoms with E-state index in [1.807, 2.05) is 6.92 Å². The Morgan fingerprint density at radius 2 is 2.29 bits per heavy atom. The number of nitrogens with zero attached hydrogens (tertiary/aromatic N) is 2. The first-order chi connectivity index (χ1) is 10.2. The van der Waals surface area contributed by atoms with Crippen LogP contribution in [0.5, 0.6) is 0 Å². The summed E-state index contributed by atoms with van der Waals surface area (Å²) in [6.07, 6.45) is 3.51. The summed E-state index contributed by atoms with van der Waals surface area (Å²) in [6, 6.07) is 2.09. The summed E-state index contributed by atoms with van der Waals surface area (Å²) in [5.74, 6) is 1.34. The van der Waals surface area contributed by atoms with Gasteiger partial charge in [0.1, 0.15) is 17.6 Å². The van der Waals surface area contributed by atoms with Crippen LogP contribution in [0.3, 0.4) is 0 Å². The number of ether oxygens (including phenoxy) is 1. The van der Waals surface area contributed by atoms with Crippen molar-refractivity contribution in [1.82, 2.24) is 15.3 Å². The van der Waals surface area contributed by atoms with Gasteiger partial charge in [0.2, 0.25) is 5.91 Å². The molecule has 0 spiro atoms. The van der Waals surface area contributed by atoms with Crippen molar-refractivity contribution >= 4 is 23.3 Å². The van der Waals surface area contributed by atoms with Crippen molar-refractivity contribution in [3.8, 4) is 0 Å². The van der Waals surface area contributed by atoms with Crippen LogP contribution in [0.25, 0.3) is 0 Å². The van der Waals surface area contributed by atoms with Crippen LogP contribution in [0, 0.1) is 0 Å². The van der Waals surface area contributed by atoms with E-state index in [9.17, 15) is 4.79 Å². The number of carbonyl (C=O) groups is 1. The SMILES string of the molecule is CCOCc1nc(Cl)cc(NCCCC(=O)NC2CC2)n1. The lowest BCUT2D eigenvalue weighted by Crippen LogP contribution is -2.25. The van der Waals surface area contributed by atoms with Gasteiger partial charge in [-0.2, -0.15) is 0 Å². The molecule has 1 aromatic heterocycles. The Labute approximate surface area is 129 Å². The van der Waals surface area contributed by atoms with Crippen LogP contribution in [-0.2, 0) is 16.1 Å². The second-order valence-corrected chi connectivity index (χ2v) is 5.39. The average Bonchev–Trinajstić information content (AvgIpc) is 3.25. The van der Waals surface area contributed by atoms with Gasteiger partial charge < -0.3 is 15.4 Å². The lowest BCUT2D eigenvalue weighted by Gasteiger charge is -2.08. The van der Waals surface area contributed by atoms with Crippen LogP contribution in [0.4, 0.5) is 5.82 Å². The van der Waals surface area contributed by atoms with E-state index >= 15 is 0 Å². The zero-order chi connectivity index (χ0) is 15.1. The van der Waals surface area contributed by atoms with Crippen molar-refractivity contribution in [2.75, 3.05) is 18.5 Å². The fraction of sp³-hybridized carbons (Fsp3) is 0.643. The van der Waals surface area contributed by atoms with Crippen molar-refractivity contribution in [3.05, 3.63) is 17.0 Å². The predicted molar refractivity (Wildman–Crippen MR) is 81.3 cm³/mol. The van der Waals surface area contributed by atoms with Gasteiger partial charge in [-0.3, -0.25) is 4.79 Å². The lowest BCUT2D eigenvalue weighted by molar-refractivity contribution is -0.121. The van der Waals surface area contributed by atoms with Gasteiger partial charge in [0.15, 0.2) is 5.82 Å². The monoisotopic (exact) mass is 312 g/mol. The summed E-state index contributed by atoms with van der Waals surface area (Å²) in [7, 11) is 0. The molecule has 0 unspecified atom stereocenters. The van der Waals surface area contributed by atoms with Crippen LogP contribution >= 0.6 is 11.6 Å². The maximum absolute atomic E-state index is 11.5. The fourth-order valence-corrected chi connectivity index (χ4v) is 2.01. The van der Waals surface area contributed by atoms with Gasteiger partial charge in [-0.15, -0.1) is 0 Å². The van der Waals surface area contributed by atoms with Gasteiger partial charge in [-0.25, -0.2) is 9.97 Å². The first kappa shape index (κ1) is 16.0. The summed E-state index contributed by atoms with van der Waals surface area (Å²) < 4.78 is 5.27. The van der Waals surface area contributed by atoms with Gasteiger partial charge in [0.05, 0.1) is 0 Å². The highest BCUT2D eigenvalue weighted by molar-refractivity contribution is 6.29. The summed E-state index contributed by atoms with van der Waals surface area (Å²) in [5, 5.41) is 6.50. The smallest absolute Gasteiger partial charge is 0.220 e. The standard InChI is InChI=1S/C14H21ClN4O2/c1-2-21-9-13-18-11(15)8-12(19-13)16-7-3-4-14(20)17-10-5-6-10/h8,10H,2-7,9H2,1H3,(H,17,20)(H,16,18,19). The molecule has 1 aromatic rings. The number of halogens is 1. The van der Waals surface area contributed by atoms with E-state index in [-0.39, 0.29) is 5.91 Å². The number of carbonyl (C=O) groups excluding carboxylic acids is 1. The largest absolute Gasteiger partial charge is 0.374 e. The molecule has 1 aliphatic carbocycles. The van der Waals surface area contributed by atoms with Gasteiger partial charge >= 0.3 is 0 Å². The Morgan fingerprint density at radius 1 is 1.48 bits per heavy atom. The molecule has 2 rings (SSSR count). The fourth-order valence-electron chi connectivity index (χ4n) is 1.81. The quantitative estimate of drug-likeness (QED) is 0.539. The van der Waals surface area contributed by atoms with Crippen LogP contribution in [0.1, 0.15) is 38.4 Å². The third-order valence-electron chi connectivity index (χ3n) is 3.01. The maximum Gasteiger partial charge on any atom is 0.220 e. The summed E-state index contributed by atoms with van der Waals surface area (Å²) in [5.41, 5.74) is 0. The molecule has 6 nitrogen and oxygen atoms in total. The number of hydrogen-bond donors (Lipinski definition) is 2. The summed E-state index contributed by atoms with van der Waals surface area (Å²) in [6.45, 7) is 3.53. The van der Waals surface area contributed by atoms with Gasteiger partial charge in [-0.05, 0) is 26.2 Å². The van der Waals surface area contributed by atoms with Crippen molar-refractivity contribution in [2.45, 2.75) is 45.3 Å². The van der Waals surface area contributed by atoms with E-state index in [2.05, 4.69) is 20.6 Å². The predicted octanol–water partition coefficient (Wildman–Crippen LogP) is 2.14. The molecule has 116 valence electrons.